The quantitative estimate of drug-likeness (QED) is 0.597. The van der Waals surface area contributed by atoms with Crippen LogP contribution in [0.4, 0.5) is 0 Å². The maximum atomic E-state index is 5.66. The lowest BCUT2D eigenvalue weighted by atomic mass is 10.2. The van der Waals surface area contributed by atoms with Crippen LogP contribution in [0.3, 0.4) is 0 Å². The van der Waals surface area contributed by atoms with Gasteiger partial charge in [0.15, 0.2) is 5.96 Å². The highest BCUT2D eigenvalue weighted by molar-refractivity contribution is 5.77. The third-order valence-electron chi connectivity index (χ3n) is 1.97. The van der Waals surface area contributed by atoms with Gasteiger partial charge in [-0.3, -0.25) is 0 Å². The fraction of sp³-hybridized carbons (Fsp3) is 0.500. The first kappa shape index (κ1) is 13.3. The summed E-state index contributed by atoms with van der Waals surface area (Å²) in [6.07, 6.45) is 1.80. The van der Waals surface area contributed by atoms with Crippen LogP contribution in [-0.2, 0) is 6.54 Å². The lowest BCUT2D eigenvalue weighted by Gasteiger charge is -2.11. The predicted molar refractivity (Wildman–Crippen MR) is 69.0 cm³/mol. The summed E-state index contributed by atoms with van der Waals surface area (Å²) in [6, 6.07) is 3.80. The fourth-order valence-corrected chi connectivity index (χ4v) is 1.28. The molecule has 3 N–H and O–H groups in total. The standard InChI is InChI=1S/C12H20N4O/c1-4-14-12(13)16-8-10-6-5-7-15-11(10)17-9(2)3/h5-7,9H,4,8H2,1-3H3,(H3,13,14,16). The number of aliphatic imine (C=N–C) groups is 1. The van der Waals surface area contributed by atoms with Gasteiger partial charge in [-0.15, -0.1) is 0 Å². The van der Waals surface area contributed by atoms with Crippen LogP contribution in [0.1, 0.15) is 26.3 Å². The van der Waals surface area contributed by atoms with E-state index in [1.165, 1.54) is 0 Å². The largest absolute Gasteiger partial charge is 0.475 e. The van der Waals surface area contributed by atoms with Gasteiger partial charge in [0.2, 0.25) is 5.88 Å². The van der Waals surface area contributed by atoms with Crippen molar-refractivity contribution in [2.24, 2.45) is 10.7 Å². The van der Waals surface area contributed by atoms with Gasteiger partial charge in [-0.2, -0.15) is 0 Å². The first-order valence-corrected chi connectivity index (χ1v) is 5.77. The third kappa shape index (κ3) is 4.72. The summed E-state index contributed by atoms with van der Waals surface area (Å²) in [5.74, 6) is 1.06. The predicted octanol–water partition coefficient (Wildman–Crippen LogP) is 1.29. The van der Waals surface area contributed by atoms with Gasteiger partial charge in [-0.1, -0.05) is 6.07 Å². The van der Waals surface area contributed by atoms with E-state index in [0.717, 1.165) is 12.1 Å². The van der Waals surface area contributed by atoms with Crippen LogP contribution in [0.25, 0.3) is 0 Å². The number of nitrogens with two attached hydrogens (primary N) is 1. The van der Waals surface area contributed by atoms with E-state index in [1.807, 2.05) is 32.9 Å². The van der Waals surface area contributed by atoms with Gasteiger partial charge >= 0.3 is 0 Å². The Morgan fingerprint density at radius 1 is 1.59 bits per heavy atom. The van der Waals surface area contributed by atoms with Crippen molar-refractivity contribution >= 4 is 5.96 Å². The Morgan fingerprint density at radius 3 is 3.00 bits per heavy atom. The molecule has 1 rings (SSSR count). The van der Waals surface area contributed by atoms with Crippen molar-refractivity contribution in [2.75, 3.05) is 6.54 Å². The molecule has 0 fully saturated rings. The molecule has 0 bridgehead atoms. The smallest absolute Gasteiger partial charge is 0.218 e. The zero-order valence-electron chi connectivity index (χ0n) is 10.6. The topological polar surface area (TPSA) is 72.5 Å². The minimum absolute atomic E-state index is 0.0961. The summed E-state index contributed by atoms with van der Waals surface area (Å²) in [6.45, 7) is 7.13. The molecule has 1 heterocycles. The maximum Gasteiger partial charge on any atom is 0.218 e. The van der Waals surface area contributed by atoms with E-state index >= 15 is 0 Å². The Kier molecular flexibility index (Phi) is 5.26. The molecule has 0 radical (unpaired) electrons. The summed E-state index contributed by atoms with van der Waals surface area (Å²) in [5, 5.41) is 2.94. The van der Waals surface area contributed by atoms with Crippen molar-refractivity contribution in [1.82, 2.24) is 10.3 Å². The van der Waals surface area contributed by atoms with E-state index in [0.29, 0.717) is 18.4 Å². The van der Waals surface area contributed by atoms with Crippen LogP contribution in [0.2, 0.25) is 0 Å². The summed E-state index contributed by atoms with van der Waals surface area (Å²) in [5.41, 5.74) is 6.59. The van der Waals surface area contributed by atoms with Crippen molar-refractivity contribution < 1.29 is 4.74 Å². The molecule has 17 heavy (non-hydrogen) atoms. The van der Waals surface area contributed by atoms with E-state index in [1.54, 1.807) is 6.20 Å². The SMILES string of the molecule is CCNC(N)=NCc1cccnc1OC(C)C. The van der Waals surface area contributed by atoms with Crippen LogP contribution in [0.5, 0.6) is 5.88 Å². The molecular formula is C12H20N4O. The Labute approximate surface area is 102 Å². The molecule has 0 spiro atoms. The average molecular weight is 236 g/mol. The molecule has 0 saturated carbocycles. The highest BCUT2D eigenvalue weighted by Gasteiger charge is 2.05. The molecule has 0 aliphatic heterocycles. The number of guanidine groups is 1. The number of hydrogen-bond acceptors (Lipinski definition) is 3. The lowest BCUT2D eigenvalue weighted by molar-refractivity contribution is 0.230. The molecule has 0 aliphatic rings. The normalized spacial score (nSPS) is 11.6. The zero-order chi connectivity index (χ0) is 12.7. The summed E-state index contributed by atoms with van der Waals surface area (Å²) >= 11 is 0. The summed E-state index contributed by atoms with van der Waals surface area (Å²) in [4.78, 5) is 8.41. The molecule has 94 valence electrons. The first-order chi connectivity index (χ1) is 8.13. The summed E-state index contributed by atoms with van der Waals surface area (Å²) in [7, 11) is 0. The highest BCUT2D eigenvalue weighted by atomic mass is 16.5. The van der Waals surface area contributed by atoms with Crippen LogP contribution < -0.4 is 15.8 Å². The average Bonchev–Trinajstić information content (AvgIpc) is 2.27. The maximum absolute atomic E-state index is 5.66. The van der Waals surface area contributed by atoms with E-state index < -0.39 is 0 Å². The van der Waals surface area contributed by atoms with Crippen molar-refractivity contribution in [3.8, 4) is 5.88 Å². The minimum atomic E-state index is 0.0961. The summed E-state index contributed by atoms with van der Waals surface area (Å²) < 4.78 is 5.60. The van der Waals surface area contributed by atoms with Gasteiger partial charge in [-0.05, 0) is 26.8 Å². The Bertz CT molecular complexity index is 377. The monoisotopic (exact) mass is 236 g/mol. The number of nitrogens with one attached hydrogen (secondary N) is 1. The number of hydrogen-bond donors (Lipinski definition) is 2. The van der Waals surface area contributed by atoms with Crippen LogP contribution in [0.15, 0.2) is 23.3 Å². The van der Waals surface area contributed by atoms with E-state index in [4.69, 9.17) is 10.5 Å². The van der Waals surface area contributed by atoms with Gasteiger partial charge in [-0.25, -0.2) is 9.98 Å². The van der Waals surface area contributed by atoms with Gasteiger partial charge in [0.05, 0.1) is 12.6 Å². The van der Waals surface area contributed by atoms with Crippen LogP contribution >= 0.6 is 0 Å². The van der Waals surface area contributed by atoms with E-state index in [9.17, 15) is 0 Å². The van der Waals surface area contributed by atoms with Gasteiger partial charge in [0.25, 0.3) is 0 Å². The molecule has 0 aromatic carbocycles. The number of aromatic nitrogens is 1. The van der Waals surface area contributed by atoms with Crippen molar-refractivity contribution in [3.63, 3.8) is 0 Å². The van der Waals surface area contributed by atoms with E-state index in [-0.39, 0.29) is 6.10 Å². The molecule has 0 aliphatic carbocycles. The van der Waals surface area contributed by atoms with Crippen molar-refractivity contribution in [1.29, 1.82) is 0 Å². The second-order valence-corrected chi connectivity index (χ2v) is 3.87. The molecule has 0 saturated heterocycles. The molecule has 5 nitrogen and oxygen atoms in total. The van der Waals surface area contributed by atoms with Crippen molar-refractivity contribution in [3.05, 3.63) is 23.9 Å². The Morgan fingerprint density at radius 2 is 2.35 bits per heavy atom. The molecule has 1 aromatic rings. The second-order valence-electron chi connectivity index (χ2n) is 3.87. The zero-order valence-corrected chi connectivity index (χ0v) is 10.6. The molecular weight excluding hydrogens is 216 g/mol. The number of ether oxygens (including phenoxy) is 1. The van der Waals surface area contributed by atoms with Gasteiger partial charge in [0.1, 0.15) is 0 Å². The fourth-order valence-electron chi connectivity index (χ4n) is 1.28. The third-order valence-corrected chi connectivity index (χ3v) is 1.97. The number of rotatable bonds is 5. The van der Waals surface area contributed by atoms with Gasteiger partial charge < -0.3 is 15.8 Å². The van der Waals surface area contributed by atoms with E-state index in [2.05, 4.69) is 15.3 Å². The lowest BCUT2D eigenvalue weighted by Crippen LogP contribution is -2.31. The van der Waals surface area contributed by atoms with Crippen molar-refractivity contribution in [2.45, 2.75) is 33.4 Å². The molecule has 0 unspecified atom stereocenters. The number of pyridine rings is 1. The van der Waals surface area contributed by atoms with Crippen LogP contribution in [-0.4, -0.2) is 23.6 Å². The molecule has 5 heteroatoms. The highest BCUT2D eigenvalue weighted by Crippen LogP contribution is 2.16. The Hall–Kier alpha value is -1.78. The molecule has 0 amide bonds. The minimum Gasteiger partial charge on any atom is -0.475 e. The Balaban J connectivity index is 2.73. The van der Waals surface area contributed by atoms with Gasteiger partial charge in [0, 0.05) is 18.3 Å². The second kappa shape index (κ2) is 6.73. The molecule has 0 atom stereocenters. The first-order valence-electron chi connectivity index (χ1n) is 5.77. The number of nitrogens with zero attached hydrogens (tertiary/aromatic N) is 2. The molecule has 1 aromatic heterocycles. The van der Waals surface area contributed by atoms with Crippen LogP contribution in [0, 0.1) is 0 Å².